The summed E-state index contributed by atoms with van der Waals surface area (Å²) in [6, 6.07) is 10.4. The highest BCUT2D eigenvalue weighted by atomic mass is 79.9. The van der Waals surface area contributed by atoms with Gasteiger partial charge in [0, 0.05) is 10.2 Å². The third-order valence-corrected chi connectivity index (χ3v) is 5.41. The molecule has 0 fully saturated rings. The molecule has 0 heterocycles. The number of nitrogen functional groups attached to an aromatic ring is 1. The van der Waals surface area contributed by atoms with Crippen molar-refractivity contribution in [2.75, 3.05) is 18.1 Å². The first-order valence-electron chi connectivity index (χ1n) is 6.20. The maximum absolute atomic E-state index is 11.7. The molecule has 0 amide bonds. The smallest absolute Gasteiger partial charge is 0.240 e. The number of sulfonamides is 1. The predicted molar refractivity (Wildman–Crippen MR) is 89.3 cm³/mol. The molecule has 0 aliphatic heterocycles. The molecule has 7 heteroatoms. The molecule has 5 nitrogen and oxygen atoms in total. The Labute approximate surface area is 132 Å². The van der Waals surface area contributed by atoms with Crippen LogP contribution in [0.2, 0.25) is 0 Å². The molecule has 0 unspecified atom stereocenters. The lowest BCUT2D eigenvalue weighted by Gasteiger charge is -2.13. The van der Waals surface area contributed by atoms with Gasteiger partial charge in [-0.05, 0) is 49.9 Å². The van der Waals surface area contributed by atoms with Gasteiger partial charge in [-0.15, -0.1) is 0 Å². The Morgan fingerprint density at radius 2 is 1.86 bits per heavy atom. The van der Waals surface area contributed by atoms with Gasteiger partial charge in [-0.3, -0.25) is 0 Å². The van der Waals surface area contributed by atoms with Gasteiger partial charge in [0.1, 0.15) is 0 Å². The van der Waals surface area contributed by atoms with Crippen LogP contribution in [0.15, 0.2) is 45.8 Å². The maximum Gasteiger partial charge on any atom is 0.240 e. The van der Waals surface area contributed by atoms with Gasteiger partial charge in [-0.1, -0.05) is 22.0 Å². The molecule has 0 bridgehead atoms. The van der Waals surface area contributed by atoms with Crippen molar-refractivity contribution in [1.82, 2.24) is 4.72 Å². The number of benzene rings is 2. The second kappa shape index (κ2) is 6.05. The Hall–Kier alpha value is -1.57. The average Bonchev–Trinajstić information content (AvgIpc) is 2.45. The number of halogens is 1. The zero-order chi connectivity index (χ0) is 15.6. The van der Waals surface area contributed by atoms with Crippen LogP contribution in [0.1, 0.15) is 5.56 Å². The van der Waals surface area contributed by atoms with E-state index in [2.05, 4.69) is 26.0 Å². The Kier molecular flexibility index (Phi) is 4.55. The van der Waals surface area contributed by atoms with Gasteiger partial charge in [0.05, 0.1) is 16.3 Å². The average molecular weight is 370 g/mol. The molecule has 112 valence electrons. The van der Waals surface area contributed by atoms with E-state index >= 15 is 0 Å². The zero-order valence-corrected chi connectivity index (χ0v) is 14.0. The lowest BCUT2D eigenvalue weighted by atomic mass is 10.2. The monoisotopic (exact) mass is 369 g/mol. The fraction of sp³-hybridized carbons (Fsp3) is 0.143. The summed E-state index contributed by atoms with van der Waals surface area (Å²) in [5.74, 6) is 0. The molecule has 2 aromatic carbocycles. The largest absolute Gasteiger partial charge is 0.397 e. The van der Waals surface area contributed by atoms with E-state index in [9.17, 15) is 8.42 Å². The van der Waals surface area contributed by atoms with E-state index in [0.29, 0.717) is 11.4 Å². The molecule has 0 spiro atoms. The van der Waals surface area contributed by atoms with Crippen molar-refractivity contribution in [3.63, 3.8) is 0 Å². The fourth-order valence-corrected chi connectivity index (χ4v) is 2.96. The molecule has 0 saturated heterocycles. The topological polar surface area (TPSA) is 84.2 Å². The normalized spacial score (nSPS) is 11.4. The lowest BCUT2D eigenvalue weighted by molar-refractivity contribution is 0.588. The van der Waals surface area contributed by atoms with Crippen LogP contribution in [-0.2, 0) is 10.0 Å². The summed E-state index contributed by atoms with van der Waals surface area (Å²) in [5, 5.41) is 3.21. The highest BCUT2D eigenvalue weighted by Gasteiger charge is 2.13. The number of nitrogens with two attached hydrogens (primary N) is 1. The summed E-state index contributed by atoms with van der Waals surface area (Å²) in [6.45, 7) is 1.97. The molecule has 0 radical (unpaired) electrons. The standard InChI is InChI=1S/C14H16BrN3O2S/c1-9-11(15)4-3-5-13(9)18-14-7-6-10(8-12(14)16)21(19,20)17-2/h3-8,17-18H,16H2,1-2H3. The number of rotatable bonds is 4. The Bertz CT molecular complexity index is 776. The van der Waals surface area contributed by atoms with Crippen molar-refractivity contribution < 1.29 is 8.42 Å². The quantitative estimate of drug-likeness (QED) is 0.723. The van der Waals surface area contributed by atoms with Crippen LogP contribution in [0.25, 0.3) is 0 Å². The van der Waals surface area contributed by atoms with Crippen molar-refractivity contribution in [1.29, 1.82) is 0 Å². The first-order valence-corrected chi connectivity index (χ1v) is 8.48. The fourth-order valence-electron chi connectivity index (χ4n) is 1.83. The first-order chi connectivity index (χ1) is 9.85. The summed E-state index contributed by atoms with van der Waals surface area (Å²) < 4.78 is 26.7. The van der Waals surface area contributed by atoms with Crippen LogP contribution in [0.5, 0.6) is 0 Å². The summed E-state index contributed by atoms with van der Waals surface area (Å²) >= 11 is 3.47. The highest BCUT2D eigenvalue weighted by molar-refractivity contribution is 9.10. The summed E-state index contributed by atoms with van der Waals surface area (Å²) in [6.07, 6.45) is 0. The molecule has 0 atom stereocenters. The van der Waals surface area contributed by atoms with Crippen LogP contribution < -0.4 is 15.8 Å². The van der Waals surface area contributed by atoms with Gasteiger partial charge in [0.15, 0.2) is 0 Å². The molecule has 0 aromatic heterocycles. The molecule has 2 rings (SSSR count). The van der Waals surface area contributed by atoms with Gasteiger partial charge in [-0.2, -0.15) is 0 Å². The minimum Gasteiger partial charge on any atom is -0.397 e. The van der Waals surface area contributed by atoms with E-state index in [4.69, 9.17) is 5.73 Å². The maximum atomic E-state index is 11.7. The van der Waals surface area contributed by atoms with Gasteiger partial charge in [0.25, 0.3) is 0 Å². The second-order valence-electron chi connectivity index (χ2n) is 4.49. The van der Waals surface area contributed by atoms with Gasteiger partial charge in [-0.25, -0.2) is 13.1 Å². The molecular formula is C14H16BrN3O2S. The first kappa shape index (κ1) is 15.8. The van der Waals surface area contributed by atoms with Crippen molar-refractivity contribution in [3.8, 4) is 0 Å². The summed E-state index contributed by atoms with van der Waals surface area (Å²) in [7, 11) is -2.13. The van der Waals surface area contributed by atoms with Gasteiger partial charge >= 0.3 is 0 Å². The Morgan fingerprint density at radius 1 is 1.14 bits per heavy atom. The molecule has 0 aliphatic rings. The van der Waals surface area contributed by atoms with Crippen LogP contribution >= 0.6 is 15.9 Å². The van der Waals surface area contributed by atoms with Crippen molar-refractivity contribution in [2.45, 2.75) is 11.8 Å². The molecule has 0 aliphatic carbocycles. The van der Waals surface area contributed by atoms with E-state index in [1.165, 1.54) is 19.2 Å². The van der Waals surface area contributed by atoms with Gasteiger partial charge < -0.3 is 11.1 Å². The van der Waals surface area contributed by atoms with Crippen LogP contribution in [0.3, 0.4) is 0 Å². The zero-order valence-electron chi connectivity index (χ0n) is 11.6. The molecule has 0 saturated carbocycles. The molecular weight excluding hydrogens is 354 g/mol. The van der Waals surface area contributed by atoms with E-state index < -0.39 is 10.0 Å². The summed E-state index contributed by atoms with van der Waals surface area (Å²) in [5.41, 5.74) is 8.92. The van der Waals surface area contributed by atoms with E-state index in [1.54, 1.807) is 6.07 Å². The van der Waals surface area contributed by atoms with Crippen molar-refractivity contribution in [3.05, 3.63) is 46.4 Å². The minimum absolute atomic E-state index is 0.138. The van der Waals surface area contributed by atoms with Crippen molar-refractivity contribution in [2.24, 2.45) is 0 Å². The number of hydrogen-bond acceptors (Lipinski definition) is 4. The third kappa shape index (κ3) is 3.37. The van der Waals surface area contributed by atoms with E-state index in [0.717, 1.165) is 15.7 Å². The van der Waals surface area contributed by atoms with Crippen molar-refractivity contribution >= 4 is 43.0 Å². The number of anilines is 3. The Morgan fingerprint density at radius 3 is 2.48 bits per heavy atom. The van der Waals surface area contributed by atoms with E-state index in [1.807, 2.05) is 25.1 Å². The van der Waals surface area contributed by atoms with Crippen LogP contribution in [-0.4, -0.2) is 15.5 Å². The third-order valence-electron chi connectivity index (χ3n) is 3.14. The summed E-state index contributed by atoms with van der Waals surface area (Å²) in [4.78, 5) is 0.138. The lowest BCUT2D eigenvalue weighted by Crippen LogP contribution is -2.18. The van der Waals surface area contributed by atoms with E-state index in [-0.39, 0.29) is 4.90 Å². The molecule has 4 N–H and O–H groups in total. The van der Waals surface area contributed by atoms with Crippen LogP contribution in [0.4, 0.5) is 17.1 Å². The van der Waals surface area contributed by atoms with Crippen LogP contribution in [0, 0.1) is 6.92 Å². The molecule has 21 heavy (non-hydrogen) atoms. The predicted octanol–water partition coefficient (Wildman–Crippen LogP) is 2.99. The number of hydrogen-bond donors (Lipinski definition) is 3. The SMILES string of the molecule is CNS(=O)(=O)c1ccc(Nc2cccc(Br)c2C)c(N)c1. The number of nitrogens with one attached hydrogen (secondary N) is 2. The molecule has 2 aromatic rings. The highest BCUT2D eigenvalue weighted by Crippen LogP contribution is 2.30. The minimum atomic E-state index is -3.49. The van der Waals surface area contributed by atoms with Gasteiger partial charge in [0.2, 0.25) is 10.0 Å². The Balaban J connectivity index is 2.37. The second-order valence-corrected chi connectivity index (χ2v) is 7.23.